The maximum Gasteiger partial charge on any atom is 0.315 e. The van der Waals surface area contributed by atoms with Crippen LogP contribution < -0.4 is 10.6 Å². The molecule has 23 heavy (non-hydrogen) atoms. The number of carbonyl (C=O) groups excluding carboxylic acids is 1. The van der Waals surface area contributed by atoms with Crippen LogP contribution in [0.15, 0.2) is 35.2 Å². The summed E-state index contributed by atoms with van der Waals surface area (Å²) in [7, 11) is -3.26. The third kappa shape index (κ3) is 4.05. The predicted octanol–water partition coefficient (Wildman–Crippen LogP) is 2.34. The lowest BCUT2D eigenvalue weighted by molar-refractivity contribution is 0.230. The molecule has 2 aliphatic carbocycles. The van der Waals surface area contributed by atoms with Crippen molar-refractivity contribution < 1.29 is 13.2 Å². The molecule has 2 N–H and O–H groups in total. The Labute approximate surface area is 137 Å². The summed E-state index contributed by atoms with van der Waals surface area (Å²) in [5, 5.41) is 5.82. The van der Waals surface area contributed by atoms with Gasteiger partial charge in [0, 0.05) is 12.6 Å². The second-order valence-electron chi connectivity index (χ2n) is 6.67. The highest BCUT2D eigenvalue weighted by molar-refractivity contribution is 7.91. The fourth-order valence-electron chi connectivity index (χ4n) is 3.85. The fourth-order valence-corrected chi connectivity index (χ4v) is 5.18. The number of urea groups is 1. The van der Waals surface area contributed by atoms with Crippen molar-refractivity contribution in [1.29, 1.82) is 0 Å². The highest BCUT2D eigenvalue weighted by Gasteiger charge is 2.40. The number of benzene rings is 1. The molecule has 0 spiro atoms. The Morgan fingerprint density at radius 2 is 1.91 bits per heavy atom. The standard InChI is InChI=1S/C17H24N2O3S/c20-17(19-16-12-13-7-8-14(16)11-13)18-9-4-10-23(21,22)15-5-2-1-3-6-15/h1-3,5-6,13-14,16H,4,7-12H2,(H2,18,19,20). The molecule has 0 radical (unpaired) electrons. The van der Waals surface area contributed by atoms with Crippen molar-refractivity contribution >= 4 is 15.9 Å². The largest absolute Gasteiger partial charge is 0.338 e. The lowest BCUT2D eigenvalue weighted by Crippen LogP contribution is -2.44. The van der Waals surface area contributed by atoms with Gasteiger partial charge in [0.2, 0.25) is 0 Å². The van der Waals surface area contributed by atoms with Gasteiger partial charge in [0.15, 0.2) is 9.84 Å². The molecule has 1 aromatic carbocycles. The van der Waals surface area contributed by atoms with Crippen LogP contribution in [0.5, 0.6) is 0 Å². The minimum atomic E-state index is -3.26. The van der Waals surface area contributed by atoms with Gasteiger partial charge in [-0.05, 0) is 49.7 Å². The molecule has 0 heterocycles. The molecule has 0 saturated heterocycles. The van der Waals surface area contributed by atoms with Gasteiger partial charge in [0.25, 0.3) is 0 Å². The van der Waals surface area contributed by atoms with Gasteiger partial charge >= 0.3 is 6.03 Å². The van der Waals surface area contributed by atoms with Crippen LogP contribution in [0.1, 0.15) is 32.1 Å². The Morgan fingerprint density at radius 3 is 2.57 bits per heavy atom. The summed E-state index contributed by atoms with van der Waals surface area (Å²) in [6.45, 7) is 0.374. The summed E-state index contributed by atoms with van der Waals surface area (Å²) in [6.07, 6.45) is 5.30. The summed E-state index contributed by atoms with van der Waals surface area (Å²) >= 11 is 0. The van der Waals surface area contributed by atoms with Gasteiger partial charge < -0.3 is 10.6 Å². The van der Waals surface area contributed by atoms with Crippen LogP contribution in [-0.2, 0) is 9.84 Å². The first kappa shape index (κ1) is 16.3. The summed E-state index contributed by atoms with van der Waals surface area (Å²) in [5.74, 6) is 1.48. The molecule has 5 nitrogen and oxygen atoms in total. The number of rotatable bonds is 6. The van der Waals surface area contributed by atoms with E-state index in [4.69, 9.17) is 0 Å². The Hall–Kier alpha value is -1.56. The lowest BCUT2D eigenvalue weighted by Gasteiger charge is -2.23. The van der Waals surface area contributed by atoms with E-state index in [9.17, 15) is 13.2 Å². The molecule has 0 aliphatic heterocycles. The highest BCUT2D eigenvalue weighted by Crippen LogP contribution is 2.44. The number of hydrogen-bond donors (Lipinski definition) is 2. The zero-order valence-electron chi connectivity index (χ0n) is 13.2. The number of fused-ring (bicyclic) bond motifs is 2. The molecule has 0 aromatic heterocycles. The molecule has 2 amide bonds. The molecule has 1 aromatic rings. The molecule has 3 atom stereocenters. The van der Waals surface area contributed by atoms with E-state index in [1.54, 1.807) is 30.3 Å². The molecular formula is C17H24N2O3S. The Bertz CT molecular complexity index is 645. The maximum atomic E-state index is 12.1. The van der Waals surface area contributed by atoms with Crippen LogP contribution in [0, 0.1) is 11.8 Å². The summed E-state index contributed by atoms with van der Waals surface area (Å²) in [6, 6.07) is 8.57. The summed E-state index contributed by atoms with van der Waals surface area (Å²) in [4.78, 5) is 12.2. The molecular weight excluding hydrogens is 312 g/mol. The van der Waals surface area contributed by atoms with E-state index >= 15 is 0 Å². The van der Waals surface area contributed by atoms with Gasteiger partial charge in [-0.1, -0.05) is 24.6 Å². The number of amides is 2. The Balaban J connectivity index is 1.37. The zero-order chi connectivity index (χ0) is 16.3. The van der Waals surface area contributed by atoms with Crippen molar-refractivity contribution in [2.45, 2.75) is 43.0 Å². The minimum absolute atomic E-state index is 0.0470. The van der Waals surface area contributed by atoms with Crippen LogP contribution in [0.4, 0.5) is 4.79 Å². The number of nitrogens with one attached hydrogen (secondary N) is 2. The van der Waals surface area contributed by atoms with Gasteiger partial charge in [-0.2, -0.15) is 0 Å². The molecule has 2 saturated carbocycles. The van der Waals surface area contributed by atoms with Gasteiger partial charge in [-0.3, -0.25) is 0 Å². The van der Waals surface area contributed by atoms with Crippen LogP contribution in [-0.4, -0.2) is 32.8 Å². The van der Waals surface area contributed by atoms with Gasteiger partial charge in [-0.15, -0.1) is 0 Å². The van der Waals surface area contributed by atoms with Crippen molar-refractivity contribution in [3.05, 3.63) is 30.3 Å². The highest BCUT2D eigenvalue weighted by atomic mass is 32.2. The molecule has 2 fully saturated rings. The average Bonchev–Trinajstić information content (AvgIpc) is 3.15. The second kappa shape index (κ2) is 6.91. The van der Waals surface area contributed by atoms with Gasteiger partial charge in [0.05, 0.1) is 10.6 Å². The molecule has 2 aliphatic rings. The SMILES string of the molecule is O=C(NCCCS(=O)(=O)c1ccccc1)NC1CC2CCC1C2. The molecule has 2 bridgehead atoms. The van der Waals surface area contributed by atoms with E-state index in [1.165, 1.54) is 19.3 Å². The molecule has 126 valence electrons. The van der Waals surface area contributed by atoms with Crippen LogP contribution in [0.3, 0.4) is 0 Å². The van der Waals surface area contributed by atoms with E-state index < -0.39 is 9.84 Å². The average molecular weight is 336 g/mol. The first-order chi connectivity index (χ1) is 11.0. The monoisotopic (exact) mass is 336 g/mol. The normalized spacial score (nSPS) is 26.2. The zero-order valence-corrected chi connectivity index (χ0v) is 14.0. The van der Waals surface area contributed by atoms with Crippen molar-refractivity contribution in [1.82, 2.24) is 10.6 Å². The Kier molecular flexibility index (Phi) is 4.90. The van der Waals surface area contributed by atoms with E-state index in [1.807, 2.05) is 0 Å². The lowest BCUT2D eigenvalue weighted by atomic mass is 9.95. The van der Waals surface area contributed by atoms with Crippen molar-refractivity contribution in [3.8, 4) is 0 Å². The van der Waals surface area contributed by atoms with Gasteiger partial charge in [-0.25, -0.2) is 13.2 Å². The van der Waals surface area contributed by atoms with E-state index in [2.05, 4.69) is 10.6 Å². The fraction of sp³-hybridized carbons (Fsp3) is 0.588. The summed E-state index contributed by atoms with van der Waals surface area (Å²) < 4.78 is 24.2. The number of sulfone groups is 1. The number of carbonyl (C=O) groups is 1. The number of hydrogen-bond acceptors (Lipinski definition) is 3. The second-order valence-corrected chi connectivity index (χ2v) is 8.78. The minimum Gasteiger partial charge on any atom is -0.338 e. The van der Waals surface area contributed by atoms with Crippen molar-refractivity contribution in [2.75, 3.05) is 12.3 Å². The first-order valence-corrected chi connectivity index (χ1v) is 10.0. The van der Waals surface area contributed by atoms with E-state index in [0.29, 0.717) is 29.8 Å². The summed E-state index contributed by atoms with van der Waals surface area (Å²) in [5.41, 5.74) is 0. The van der Waals surface area contributed by atoms with E-state index in [0.717, 1.165) is 12.3 Å². The molecule has 3 rings (SSSR count). The smallest absolute Gasteiger partial charge is 0.315 e. The van der Waals surface area contributed by atoms with E-state index in [-0.39, 0.29) is 11.8 Å². The molecule has 3 unspecified atom stereocenters. The predicted molar refractivity (Wildman–Crippen MR) is 88.9 cm³/mol. The third-order valence-electron chi connectivity index (χ3n) is 5.03. The maximum absolute atomic E-state index is 12.1. The van der Waals surface area contributed by atoms with Crippen molar-refractivity contribution in [3.63, 3.8) is 0 Å². The first-order valence-electron chi connectivity index (χ1n) is 8.37. The van der Waals surface area contributed by atoms with Crippen LogP contribution in [0.2, 0.25) is 0 Å². The Morgan fingerprint density at radius 1 is 1.13 bits per heavy atom. The quantitative estimate of drug-likeness (QED) is 0.783. The van der Waals surface area contributed by atoms with Crippen molar-refractivity contribution in [2.24, 2.45) is 11.8 Å². The topological polar surface area (TPSA) is 75.3 Å². The van der Waals surface area contributed by atoms with Crippen LogP contribution >= 0.6 is 0 Å². The molecule has 6 heteroatoms. The van der Waals surface area contributed by atoms with Gasteiger partial charge in [0.1, 0.15) is 0 Å². The third-order valence-corrected chi connectivity index (χ3v) is 6.85. The van der Waals surface area contributed by atoms with Crippen LogP contribution in [0.25, 0.3) is 0 Å².